The first-order chi connectivity index (χ1) is 15.7. The third kappa shape index (κ3) is 7.63. The molecule has 0 radical (unpaired) electrons. The molecule has 4 N–H and O–H groups in total. The molecule has 1 aromatic carbocycles. The van der Waals surface area contributed by atoms with Gasteiger partial charge in [-0.3, -0.25) is 9.59 Å². The van der Waals surface area contributed by atoms with E-state index in [1.165, 1.54) is 0 Å². The van der Waals surface area contributed by atoms with Gasteiger partial charge in [-0.2, -0.15) is 0 Å². The number of amides is 2. The fraction of sp³-hybridized carbons (Fsp3) is 0.273. The Morgan fingerprint density at radius 3 is 1.50 bits per heavy atom. The largest absolute Gasteiger partial charge is 0.354 e. The fourth-order valence-corrected chi connectivity index (χ4v) is 2.77. The van der Waals surface area contributed by atoms with Crippen LogP contribution in [-0.2, 0) is 0 Å². The van der Waals surface area contributed by atoms with Gasteiger partial charge in [0.1, 0.15) is 0 Å². The van der Waals surface area contributed by atoms with Crippen LogP contribution in [0.3, 0.4) is 0 Å². The summed E-state index contributed by atoms with van der Waals surface area (Å²) in [5.41, 5.74) is 0.889. The number of nitrogens with zero attached hydrogens (tertiary/aromatic N) is 4. The number of aromatic nitrogens is 4. The van der Waals surface area contributed by atoms with Crippen molar-refractivity contribution in [3.63, 3.8) is 0 Å². The molecule has 10 nitrogen and oxygen atoms in total. The zero-order valence-corrected chi connectivity index (χ0v) is 17.6. The van der Waals surface area contributed by atoms with Crippen LogP contribution in [-0.4, -0.2) is 57.9 Å². The number of carbonyl (C=O) groups is 2. The zero-order valence-electron chi connectivity index (χ0n) is 17.6. The molecule has 0 fully saturated rings. The second kappa shape index (κ2) is 12.6. The second-order valence-electron chi connectivity index (χ2n) is 6.80. The van der Waals surface area contributed by atoms with E-state index in [2.05, 4.69) is 41.2 Å². The van der Waals surface area contributed by atoms with E-state index < -0.39 is 0 Å². The van der Waals surface area contributed by atoms with E-state index in [1.807, 2.05) is 0 Å². The van der Waals surface area contributed by atoms with Gasteiger partial charge < -0.3 is 21.3 Å². The lowest BCUT2D eigenvalue weighted by Crippen LogP contribution is -2.28. The minimum absolute atomic E-state index is 0.220. The van der Waals surface area contributed by atoms with E-state index in [-0.39, 0.29) is 11.8 Å². The minimum Gasteiger partial charge on any atom is -0.354 e. The number of hydrogen-bond donors (Lipinski definition) is 4. The number of anilines is 2. The molecular weight excluding hydrogens is 408 g/mol. The van der Waals surface area contributed by atoms with Crippen LogP contribution in [0.4, 0.5) is 11.9 Å². The maximum absolute atomic E-state index is 12.4. The molecule has 2 heterocycles. The summed E-state index contributed by atoms with van der Waals surface area (Å²) in [4.78, 5) is 41.1. The molecule has 32 heavy (non-hydrogen) atoms. The monoisotopic (exact) mass is 434 g/mol. The third-order valence-corrected chi connectivity index (χ3v) is 4.36. The molecule has 0 unspecified atom stereocenters. The van der Waals surface area contributed by atoms with E-state index in [9.17, 15) is 9.59 Å². The van der Waals surface area contributed by atoms with Crippen LogP contribution in [0.25, 0.3) is 0 Å². The molecule has 166 valence electrons. The van der Waals surface area contributed by atoms with Crippen molar-refractivity contribution in [3.8, 4) is 0 Å². The molecule has 10 heteroatoms. The molecule has 0 aliphatic heterocycles. The molecule has 0 bridgehead atoms. The summed E-state index contributed by atoms with van der Waals surface area (Å²) >= 11 is 0. The standard InChI is InChI=1S/C22H26N8O2/c31-19(23-8-2-10-25-21-27-12-4-13-28-21)17-6-1-7-18(16-17)20(32)24-9-3-11-26-22-29-14-5-15-30-22/h1,4-7,12-16H,2-3,8-11H2,(H,23,31)(H,24,32)(H,25,27,28)(H,26,29,30). The molecular formula is C22H26N8O2. The normalized spacial score (nSPS) is 10.2. The van der Waals surface area contributed by atoms with Crippen molar-refractivity contribution in [2.75, 3.05) is 36.8 Å². The summed E-state index contributed by atoms with van der Waals surface area (Å²) in [6.07, 6.45) is 8.08. The van der Waals surface area contributed by atoms with Crippen molar-refractivity contribution in [1.29, 1.82) is 0 Å². The van der Waals surface area contributed by atoms with E-state index in [1.54, 1.807) is 61.2 Å². The highest BCUT2D eigenvalue weighted by Gasteiger charge is 2.10. The fourth-order valence-electron chi connectivity index (χ4n) is 2.77. The maximum atomic E-state index is 12.4. The summed E-state index contributed by atoms with van der Waals surface area (Å²) in [5.74, 6) is 0.675. The van der Waals surface area contributed by atoms with Gasteiger partial charge in [0.05, 0.1) is 0 Å². The van der Waals surface area contributed by atoms with Gasteiger partial charge >= 0.3 is 0 Å². The number of rotatable bonds is 12. The predicted octanol–water partition coefficient (Wildman–Crippen LogP) is 1.73. The first-order valence-corrected chi connectivity index (χ1v) is 10.4. The van der Waals surface area contributed by atoms with E-state index >= 15 is 0 Å². The van der Waals surface area contributed by atoms with Gasteiger partial charge in [0.2, 0.25) is 11.9 Å². The lowest BCUT2D eigenvalue weighted by atomic mass is 10.1. The third-order valence-electron chi connectivity index (χ3n) is 4.36. The first-order valence-electron chi connectivity index (χ1n) is 10.4. The van der Waals surface area contributed by atoms with Crippen LogP contribution in [0, 0.1) is 0 Å². The molecule has 0 aliphatic carbocycles. The highest BCUT2D eigenvalue weighted by atomic mass is 16.2. The SMILES string of the molecule is O=C(NCCCNc1ncccn1)c1cccc(C(=O)NCCCNc2ncccn2)c1. The highest BCUT2D eigenvalue weighted by Crippen LogP contribution is 2.06. The Balaban J connectivity index is 1.34. The molecule has 3 aromatic rings. The zero-order chi connectivity index (χ0) is 22.4. The second-order valence-corrected chi connectivity index (χ2v) is 6.80. The van der Waals surface area contributed by atoms with Crippen LogP contribution >= 0.6 is 0 Å². The number of carbonyl (C=O) groups excluding carboxylic acids is 2. The number of benzene rings is 1. The van der Waals surface area contributed by atoms with Crippen molar-refractivity contribution >= 4 is 23.7 Å². The predicted molar refractivity (Wildman–Crippen MR) is 121 cm³/mol. The Kier molecular flexibility index (Phi) is 8.88. The van der Waals surface area contributed by atoms with Crippen LogP contribution in [0.15, 0.2) is 61.2 Å². The Hall–Kier alpha value is -4.08. The summed E-state index contributed by atoms with van der Waals surface area (Å²) in [5, 5.41) is 11.9. The van der Waals surface area contributed by atoms with Crippen LogP contribution in [0.5, 0.6) is 0 Å². The Morgan fingerprint density at radius 1 is 0.625 bits per heavy atom. The average molecular weight is 435 g/mol. The molecule has 0 saturated heterocycles. The lowest BCUT2D eigenvalue weighted by Gasteiger charge is -2.09. The number of nitrogens with one attached hydrogen (secondary N) is 4. The van der Waals surface area contributed by atoms with E-state index in [0.29, 0.717) is 62.0 Å². The van der Waals surface area contributed by atoms with Gasteiger partial charge in [-0.25, -0.2) is 19.9 Å². The van der Waals surface area contributed by atoms with Crippen molar-refractivity contribution < 1.29 is 9.59 Å². The Labute approximate surface area is 186 Å². The molecule has 0 spiro atoms. The molecule has 0 aliphatic rings. The van der Waals surface area contributed by atoms with Crippen molar-refractivity contribution in [1.82, 2.24) is 30.6 Å². The summed E-state index contributed by atoms with van der Waals surface area (Å²) in [6, 6.07) is 10.2. The van der Waals surface area contributed by atoms with Gasteiger partial charge in [-0.1, -0.05) is 6.07 Å². The first kappa shape index (κ1) is 22.6. The summed E-state index contributed by atoms with van der Waals surface area (Å²) in [7, 11) is 0. The lowest BCUT2D eigenvalue weighted by molar-refractivity contribution is 0.0953. The summed E-state index contributed by atoms with van der Waals surface area (Å²) in [6.45, 7) is 2.26. The average Bonchev–Trinajstić information content (AvgIpc) is 2.84. The highest BCUT2D eigenvalue weighted by molar-refractivity contribution is 5.99. The summed E-state index contributed by atoms with van der Waals surface area (Å²) < 4.78 is 0. The minimum atomic E-state index is -0.220. The smallest absolute Gasteiger partial charge is 0.251 e. The molecule has 2 amide bonds. The maximum Gasteiger partial charge on any atom is 0.251 e. The van der Waals surface area contributed by atoms with Crippen LogP contribution in [0.1, 0.15) is 33.6 Å². The van der Waals surface area contributed by atoms with E-state index in [4.69, 9.17) is 0 Å². The quantitative estimate of drug-likeness (QED) is 0.317. The van der Waals surface area contributed by atoms with Gasteiger partial charge in [0, 0.05) is 62.1 Å². The molecule has 3 rings (SSSR count). The number of hydrogen-bond acceptors (Lipinski definition) is 8. The Morgan fingerprint density at radius 2 is 1.06 bits per heavy atom. The topological polar surface area (TPSA) is 134 Å². The van der Waals surface area contributed by atoms with Gasteiger partial charge in [-0.05, 0) is 43.2 Å². The molecule has 0 saturated carbocycles. The van der Waals surface area contributed by atoms with Crippen molar-refractivity contribution in [2.24, 2.45) is 0 Å². The molecule has 2 aromatic heterocycles. The Bertz CT molecular complexity index is 909. The van der Waals surface area contributed by atoms with Crippen molar-refractivity contribution in [2.45, 2.75) is 12.8 Å². The van der Waals surface area contributed by atoms with Crippen LogP contribution < -0.4 is 21.3 Å². The molecule has 0 atom stereocenters. The van der Waals surface area contributed by atoms with Gasteiger partial charge in [0.25, 0.3) is 11.8 Å². The van der Waals surface area contributed by atoms with Crippen LogP contribution in [0.2, 0.25) is 0 Å². The van der Waals surface area contributed by atoms with Gasteiger partial charge in [0.15, 0.2) is 0 Å². The van der Waals surface area contributed by atoms with E-state index in [0.717, 1.165) is 0 Å². The van der Waals surface area contributed by atoms with Crippen molar-refractivity contribution in [3.05, 3.63) is 72.3 Å². The van der Waals surface area contributed by atoms with Gasteiger partial charge in [-0.15, -0.1) is 0 Å².